The number of hydrogen-bond acceptors (Lipinski definition) is 4. The average molecular weight is 310 g/mol. The van der Waals surface area contributed by atoms with Crippen molar-refractivity contribution in [2.24, 2.45) is 0 Å². The number of carbonyl (C=O) groups is 1. The summed E-state index contributed by atoms with van der Waals surface area (Å²) in [6.07, 6.45) is 1.13. The predicted molar refractivity (Wildman–Crippen MR) is 80.6 cm³/mol. The smallest absolute Gasteiger partial charge is 0.220 e. The van der Waals surface area contributed by atoms with Crippen LogP contribution in [0.25, 0.3) is 0 Å². The van der Waals surface area contributed by atoms with Crippen molar-refractivity contribution >= 4 is 29.0 Å². The van der Waals surface area contributed by atoms with E-state index in [1.165, 1.54) is 17.8 Å². The topological polar surface area (TPSA) is 42.0 Å². The molecular formula is C14H15FN2OS2. The van der Waals surface area contributed by atoms with Crippen LogP contribution in [0, 0.1) is 5.82 Å². The molecule has 1 aromatic carbocycles. The first-order valence-electron chi connectivity index (χ1n) is 6.27. The zero-order chi connectivity index (χ0) is 14.2. The van der Waals surface area contributed by atoms with Gasteiger partial charge in [0.25, 0.3) is 0 Å². The Labute approximate surface area is 125 Å². The van der Waals surface area contributed by atoms with Gasteiger partial charge in [-0.3, -0.25) is 4.79 Å². The van der Waals surface area contributed by atoms with E-state index >= 15 is 0 Å². The number of rotatable bonds is 7. The second-order valence-electron chi connectivity index (χ2n) is 4.11. The van der Waals surface area contributed by atoms with Gasteiger partial charge in [-0.2, -0.15) is 0 Å². The minimum absolute atomic E-state index is 0.0101. The summed E-state index contributed by atoms with van der Waals surface area (Å²) in [6, 6.07) is 6.60. The van der Waals surface area contributed by atoms with Crippen molar-refractivity contribution in [2.45, 2.75) is 17.7 Å². The van der Waals surface area contributed by atoms with Crippen molar-refractivity contribution in [1.29, 1.82) is 0 Å². The molecule has 0 unspecified atom stereocenters. The molecule has 0 saturated carbocycles. The monoisotopic (exact) mass is 310 g/mol. The molecule has 0 aliphatic rings. The number of thiazole rings is 1. The van der Waals surface area contributed by atoms with Crippen LogP contribution in [0.2, 0.25) is 0 Å². The molecule has 1 heterocycles. The van der Waals surface area contributed by atoms with Gasteiger partial charge in [0.15, 0.2) is 0 Å². The minimum atomic E-state index is -0.235. The van der Waals surface area contributed by atoms with Gasteiger partial charge in [-0.15, -0.1) is 23.1 Å². The molecule has 0 radical (unpaired) electrons. The number of halogens is 1. The Bertz CT molecular complexity index is 546. The van der Waals surface area contributed by atoms with Gasteiger partial charge in [0.2, 0.25) is 5.91 Å². The normalized spacial score (nSPS) is 10.4. The third kappa shape index (κ3) is 4.94. The first kappa shape index (κ1) is 15.0. The van der Waals surface area contributed by atoms with Gasteiger partial charge in [-0.1, -0.05) is 12.1 Å². The molecule has 1 amide bonds. The van der Waals surface area contributed by atoms with Crippen molar-refractivity contribution in [3.63, 3.8) is 0 Å². The van der Waals surface area contributed by atoms with E-state index in [0.29, 0.717) is 23.6 Å². The van der Waals surface area contributed by atoms with Crippen molar-refractivity contribution in [3.8, 4) is 0 Å². The number of nitrogens with one attached hydrogen (secondary N) is 1. The number of nitrogens with zero attached hydrogens (tertiary/aromatic N) is 1. The van der Waals surface area contributed by atoms with Crippen LogP contribution in [0.15, 0.2) is 40.1 Å². The van der Waals surface area contributed by atoms with E-state index in [0.717, 1.165) is 12.1 Å². The van der Waals surface area contributed by atoms with Crippen molar-refractivity contribution in [2.75, 3.05) is 12.3 Å². The Morgan fingerprint density at radius 2 is 2.25 bits per heavy atom. The van der Waals surface area contributed by atoms with Gasteiger partial charge >= 0.3 is 0 Å². The van der Waals surface area contributed by atoms with Gasteiger partial charge in [0.05, 0.1) is 11.2 Å². The summed E-state index contributed by atoms with van der Waals surface area (Å²) in [7, 11) is 0. The summed E-state index contributed by atoms with van der Waals surface area (Å²) < 4.78 is 13.3. The number of hydrogen-bond donors (Lipinski definition) is 1. The van der Waals surface area contributed by atoms with Crippen LogP contribution < -0.4 is 5.32 Å². The van der Waals surface area contributed by atoms with Crippen LogP contribution in [0.1, 0.15) is 12.1 Å². The van der Waals surface area contributed by atoms with E-state index in [4.69, 9.17) is 0 Å². The molecule has 0 aliphatic carbocycles. The van der Waals surface area contributed by atoms with Gasteiger partial charge in [0, 0.05) is 35.4 Å². The van der Waals surface area contributed by atoms with Gasteiger partial charge < -0.3 is 5.32 Å². The number of carbonyl (C=O) groups excluding carboxylic acids is 1. The molecule has 0 fully saturated rings. The standard InChI is InChI=1S/C14H15FN2OS2/c15-12-3-1-2-4-13(12)20-8-6-14(18)16-7-5-11-9-19-10-17-11/h1-4,9-10H,5-8H2,(H,16,18). The van der Waals surface area contributed by atoms with E-state index in [1.807, 2.05) is 5.38 Å². The van der Waals surface area contributed by atoms with E-state index in [-0.39, 0.29) is 11.7 Å². The molecular weight excluding hydrogens is 295 g/mol. The molecule has 0 bridgehead atoms. The first-order valence-corrected chi connectivity index (χ1v) is 8.19. The third-order valence-corrected chi connectivity index (χ3v) is 4.30. The summed E-state index contributed by atoms with van der Waals surface area (Å²) in [5, 5.41) is 4.81. The van der Waals surface area contributed by atoms with Crippen LogP contribution in [0.4, 0.5) is 4.39 Å². The molecule has 1 aromatic heterocycles. The maximum Gasteiger partial charge on any atom is 0.220 e. The molecule has 6 heteroatoms. The van der Waals surface area contributed by atoms with Gasteiger partial charge in [-0.05, 0) is 12.1 Å². The summed E-state index contributed by atoms with van der Waals surface area (Å²) in [5.74, 6) is 0.328. The highest BCUT2D eigenvalue weighted by Gasteiger charge is 2.05. The lowest BCUT2D eigenvalue weighted by Crippen LogP contribution is -2.25. The van der Waals surface area contributed by atoms with Crippen LogP contribution in [-0.2, 0) is 11.2 Å². The van der Waals surface area contributed by atoms with Crippen LogP contribution in [0.3, 0.4) is 0 Å². The Morgan fingerprint density at radius 3 is 3.00 bits per heavy atom. The molecule has 2 rings (SSSR count). The van der Waals surface area contributed by atoms with E-state index in [9.17, 15) is 9.18 Å². The Kier molecular flexibility index (Phi) is 6.01. The van der Waals surface area contributed by atoms with E-state index < -0.39 is 0 Å². The zero-order valence-electron chi connectivity index (χ0n) is 10.8. The fraction of sp³-hybridized carbons (Fsp3) is 0.286. The summed E-state index contributed by atoms with van der Waals surface area (Å²) >= 11 is 2.91. The highest BCUT2D eigenvalue weighted by atomic mass is 32.2. The lowest BCUT2D eigenvalue weighted by Gasteiger charge is -2.05. The molecule has 0 saturated heterocycles. The van der Waals surface area contributed by atoms with Crippen LogP contribution in [-0.4, -0.2) is 23.2 Å². The fourth-order valence-corrected chi connectivity index (χ4v) is 3.08. The maximum absolute atomic E-state index is 13.3. The number of thioether (sulfide) groups is 1. The maximum atomic E-state index is 13.3. The lowest BCUT2D eigenvalue weighted by atomic mass is 10.3. The van der Waals surface area contributed by atoms with Gasteiger partial charge in [-0.25, -0.2) is 9.37 Å². The second kappa shape index (κ2) is 8.01. The molecule has 0 spiro atoms. The number of benzene rings is 1. The predicted octanol–water partition coefficient (Wildman–Crippen LogP) is 3.12. The first-order chi connectivity index (χ1) is 9.75. The molecule has 1 N–H and O–H groups in total. The Hall–Kier alpha value is -1.40. The van der Waals surface area contributed by atoms with Crippen molar-refractivity contribution in [3.05, 3.63) is 46.7 Å². The number of aromatic nitrogens is 1. The van der Waals surface area contributed by atoms with Crippen molar-refractivity contribution in [1.82, 2.24) is 10.3 Å². The van der Waals surface area contributed by atoms with Gasteiger partial charge in [0.1, 0.15) is 5.82 Å². The largest absolute Gasteiger partial charge is 0.356 e. The average Bonchev–Trinajstić information content (AvgIpc) is 2.94. The zero-order valence-corrected chi connectivity index (χ0v) is 12.5. The van der Waals surface area contributed by atoms with Crippen LogP contribution >= 0.6 is 23.1 Å². The summed E-state index contributed by atoms with van der Waals surface area (Å²) in [5.41, 5.74) is 2.78. The van der Waals surface area contributed by atoms with Crippen LogP contribution in [0.5, 0.6) is 0 Å². The molecule has 0 atom stereocenters. The Morgan fingerprint density at radius 1 is 1.40 bits per heavy atom. The highest BCUT2D eigenvalue weighted by molar-refractivity contribution is 7.99. The second-order valence-corrected chi connectivity index (χ2v) is 5.96. The van der Waals surface area contributed by atoms with E-state index in [2.05, 4.69) is 10.3 Å². The third-order valence-electron chi connectivity index (χ3n) is 2.61. The highest BCUT2D eigenvalue weighted by Crippen LogP contribution is 2.21. The molecule has 2 aromatic rings. The number of amides is 1. The molecule has 3 nitrogen and oxygen atoms in total. The van der Waals surface area contributed by atoms with E-state index in [1.54, 1.807) is 35.0 Å². The minimum Gasteiger partial charge on any atom is -0.356 e. The molecule has 0 aliphatic heterocycles. The molecule has 106 valence electrons. The quantitative estimate of drug-likeness (QED) is 0.799. The SMILES string of the molecule is O=C(CCSc1ccccc1F)NCCc1cscn1. The Balaban J connectivity index is 1.62. The van der Waals surface area contributed by atoms with Crippen molar-refractivity contribution < 1.29 is 9.18 Å². The summed E-state index contributed by atoms with van der Waals surface area (Å²) in [6.45, 7) is 0.590. The lowest BCUT2D eigenvalue weighted by molar-refractivity contribution is -0.120. The molecule has 20 heavy (non-hydrogen) atoms. The summed E-state index contributed by atoms with van der Waals surface area (Å²) in [4.78, 5) is 16.3. The fourth-order valence-electron chi connectivity index (χ4n) is 1.59.